The number of likely N-dealkylation sites (tertiary alicyclic amines) is 1. The fourth-order valence-electron chi connectivity index (χ4n) is 3.15. The van der Waals surface area contributed by atoms with Crippen molar-refractivity contribution >= 4 is 12.4 Å². The first-order valence-corrected chi connectivity index (χ1v) is 6.59. The summed E-state index contributed by atoms with van der Waals surface area (Å²) >= 11 is 0. The maximum Gasteiger partial charge on any atom is 0.159 e. The third-order valence-corrected chi connectivity index (χ3v) is 4.18. The number of rotatable bonds is 2. The molecule has 0 aliphatic carbocycles. The van der Waals surface area contributed by atoms with E-state index in [1.165, 1.54) is 18.6 Å². The number of piperidine rings is 1. The van der Waals surface area contributed by atoms with Gasteiger partial charge in [-0.25, -0.2) is 8.78 Å². The molecule has 2 atom stereocenters. The first-order chi connectivity index (χ1) is 8.72. The average Bonchev–Trinajstić information content (AvgIpc) is 2.81. The maximum atomic E-state index is 13.1. The molecule has 0 aromatic heterocycles. The van der Waals surface area contributed by atoms with Gasteiger partial charge in [-0.1, -0.05) is 6.07 Å². The summed E-state index contributed by atoms with van der Waals surface area (Å²) in [6.45, 7) is 5.08. The van der Waals surface area contributed by atoms with Gasteiger partial charge in [0.2, 0.25) is 0 Å². The fourth-order valence-corrected chi connectivity index (χ4v) is 3.15. The van der Waals surface area contributed by atoms with Crippen molar-refractivity contribution in [2.24, 2.45) is 11.8 Å². The molecule has 2 aliphatic heterocycles. The summed E-state index contributed by atoms with van der Waals surface area (Å²) in [6.07, 6.45) is 1.21. The van der Waals surface area contributed by atoms with Gasteiger partial charge < -0.3 is 5.32 Å². The number of nitrogens with one attached hydrogen (secondary N) is 1. The van der Waals surface area contributed by atoms with Crippen molar-refractivity contribution in [1.29, 1.82) is 0 Å². The third-order valence-electron chi connectivity index (χ3n) is 4.18. The molecule has 0 radical (unpaired) electrons. The van der Waals surface area contributed by atoms with Gasteiger partial charge in [0.1, 0.15) is 0 Å². The van der Waals surface area contributed by atoms with Crippen molar-refractivity contribution < 1.29 is 8.78 Å². The van der Waals surface area contributed by atoms with E-state index < -0.39 is 11.6 Å². The smallest absolute Gasteiger partial charge is 0.159 e. The van der Waals surface area contributed by atoms with E-state index >= 15 is 0 Å². The maximum absolute atomic E-state index is 13.1. The summed E-state index contributed by atoms with van der Waals surface area (Å²) in [5.74, 6) is 0.0256. The van der Waals surface area contributed by atoms with E-state index in [0.29, 0.717) is 0 Å². The van der Waals surface area contributed by atoms with Crippen molar-refractivity contribution in [3.05, 3.63) is 35.4 Å². The molecule has 1 aromatic rings. The van der Waals surface area contributed by atoms with Crippen molar-refractivity contribution in [3.8, 4) is 0 Å². The highest BCUT2D eigenvalue weighted by atomic mass is 35.5. The molecule has 3 rings (SSSR count). The largest absolute Gasteiger partial charge is 0.316 e. The van der Waals surface area contributed by atoms with Crippen molar-refractivity contribution in [1.82, 2.24) is 10.2 Å². The lowest BCUT2D eigenvalue weighted by Gasteiger charge is -2.34. The van der Waals surface area contributed by atoms with Gasteiger partial charge >= 0.3 is 0 Å². The lowest BCUT2D eigenvalue weighted by atomic mass is 9.88. The van der Waals surface area contributed by atoms with Gasteiger partial charge in [-0.15, -0.1) is 12.4 Å². The normalized spacial score (nSPS) is 26.8. The van der Waals surface area contributed by atoms with Crippen LogP contribution in [-0.4, -0.2) is 31.1 Å². The minimum absolute atomic E-state index is 0. The molecule has 0 amide bonds. The number of hydrogen-bond acceptors (Lipinski definition) is 2. The number of hydrogen-bond donors (Lipinski definition) is 1. The Labute approximate surface area is 118 Å². The number of benzene rings is 1. The van der Waals surface area contributed by atoms with Gasteiger partial charge in [0, 0.05) is 13.1 Å². The Kier molecular flexibility index (Phi) is 4.76. The molecule has 2 nitrogen and oxygen atoms in total. The highest BCUT2D eigenvalue weighted by Gasteiger charge is 2.32. The zero-order valence-corrected chi connectivity index (χ0v) is 11.6. The van der Waals surface area contributed by atoms with Gasteiger partial charge in [0.25, 0.3) is 0 Å². The van der Waals surface area contributed by atoms with E-state index in [2.05, 4.69) is 10.2 Å². The lowest BCUT2D eigenvalue weighted by Crippen LogP contribution is -2.39. The standard InChI is InChI=1S/C14H18F2N2.ClH/c15-13-2-1-10(5-14(13)16)8-18-4-3-11-6-17-7-12(11)9-18;/h1-2,5,11-12,17H,3-4,6-9H2;1H. The molecule has 0 saturated carbocycles. The van der Waals surface area contributed by atoms with Crippen LogP contribution in [0.4, 0.5) is 8.78 Å². The predicted molar refractivity (Wildman–Crippen MR) is 73.3 cm³/mol. The van der Waals surface area contributed by atoms with E-state index in [9.17, 15) is 8.78 Å². The number of nitrogens with zero attached hydrogens (tertiary/aromatic N) is 1. The van der Waals surface area contributed by atoms with Gasteiger partial charge in [-0.3, -0.25) is 4.90 Å². The first-order valence-electron chi connectivity index (χ1n) is 6.59. The Morgan fingerprint density at radius 1 is 1.16 bits per heavy atom. The zero-order chi connectivity index (χ0) is 12.5. The van der Waals surface area contributed by atoms with Gasteiger partial charge in [-0.05, 0) is 55.6 Å². The second-order valence-electron chi connectivity index (χ2n) is 5.45. The van der Waals surface area contributed by atoms with Crippen LogP contribution in [0.5, 0.6) is 0 Å². The summed E-state index contributed by atoms with van der Waals surface area (Å²) < 4.78 is 26.0. The minimum Gasteiger partial charge on any atom is -0.316 e. The summed E-state index contributed by atoms with van der Waals surface area (Å²) in [5, 5.41) is 3.43. The van der Waals surface area contributed by atoms with Crippen molar-refractivity contribution in [2.75, 3.05) is 26.2 Å². The number of fused-ring (bicyclic) bond motifs is 1. The first kappa shape index (κ1) is 14.7. The summed E-state index contributed by atoms with van der Waals surface area (Å²) in [4.78, 5) is 2.35. The van der Waals surface area contributed by atoms with Crippen LogP contribution < -0.4 is 5.32 Å². The molecule has 2 fully saturated rings. The molecule has 0 spiro atoms. The zero-order valence-electron chi connectivity index (χ0n) is 10.7. The Morgan fingerprint density at radius 3 is 2.74 bits per heavy atom. The predicted octanol–water partition coefficient (Wildman–Crippen LogP) is 2.43. The van der Waals surface area contributed by atoms with E-state index in [1.807, 2.05) is 0 Å². The molecule has 5 heteroatoms. The molecule has 1 aromatic carbocycles. The molecule has 2 heterocycles. The molecule has 2 unspecified atom stereocenters. The molecule has 1 N–H and O–H groups in total. The van der Waals surface area contributed by atoms with Crippen LogP contribution >= 0.6 is 12.4 Å². The van der Waals surface area contributed by atoms with Crippen LogP contribution in [-0.2, 0) is 6.54 Å². The molecule has 2 aliphatic rings. The van der Waals surface area contributed by atoms with E-state index in [0.717, 1.165) is 50.1 Å². The quantitative estimate of drug-likeness (QED) is 0.899. The van der Waals surface area contributed by atoms with Gasteiger partial charge in [-0.2, -0.15) is 0 Å². The second-order valence-corrected chi connectivity index (χ2v) is 5.45. The Bertz CT molecular complexity index is 441. The third kappa shape index (κ3) is 3.25. The Morgan fingerprint density at radius 2 is 1.95 bits per heavy atom. The van der Waals surface area contributed by atoms with E-state index in [-0.39, 0.29) is 12.4 Å². The minimum atomic E-state index is -0.766. The van der Waals surface area contributed by atoms with Gasteiger partial charge in [0.15, 0.2) is 11.6 Å². The summed E-state index contributed by atoms with van der Waals surface area (Å²) in [5.41, 5.74) is 0.860. The van der Waals surface area contributed by atoms with Crippen molar-refractivity contribution in [2.45, 2.75) is 13.0 Å². The van der Waals surface area contributed by atoms with E-state index in [1.54, 1.807) is 6.07 Å². The highest BCUT2D eigenvalue weighted by Crippen LogP contribution is 2.27. The van der Waals surface area contributed by atoms with Crippen LogP contribution in [0.2, 0.25) is 0 Å². The van der Waals surface area contributed by atoms with Crippen LogP contribution in [0.15, 0.2) is 18.2 Å². The van der Waals surface area contributed by atoms with Crippen LogP contribution in [0.3, 0.4) is 0 Å². The fraction of sp³-hybridized carbons (Fsp3) is 0.571. The summed E-state index contributed by atoms with van der Waals surface area (Å²) in [6, 6.07) is 4.21. The molecule has 19 heavy (non-hydrogen) atoms. The Balaban J connectivity index is 0.00000133. The lowest BCUT2D eigenvalue weighted by molar-refractivity contribution is 0.142. The van der Waals surface area contributed by atoms with Crippen LogP contribution in [0, 0.1) is 23.5 Å². The average molecular weight is 289 g/mol. The van der Waals surface area contributed by atoms with Gasteiger partial charge in [0.05, 0.1) is 0 Å². The topological polar surface area (TPSA) is 15.3 Å². The monoisotopic (exact) mass is 288 g/mol. The molecule has 106 valence electrons. The molecular formula is C14H19ClF2N2. The molecule has 0 bridgehead atoms. The molecule has 2 saturated heterocycles. The second kappa shape index (κ2) is 6.16. The highest BCUT2D eigenvalue weighted by molar-refractivity contribution is 5.85. The Hall–Kier alpha value is -0.710. The summed E-state index contributed by atoms with van der Waals surface area (Å²) in [7, 11) is 0. The SMILES string of the molecule is Cl.Fc1ccc(CN2CCC3CNCC3C2)cc1F. The van der Waals surface area contributed by atoms with Crippen molar-refractivity contribution in [3.63, 3.8) is 0 Å². The molecular weight excluding hydrogens is 270 g/mol. The van der Waals surface area contributed by atoms with Crippen LogP contribution in [0.25, 0.3) is 0 Å². The van der Waals surface area contributed by atoms with Crippen LogP contribution in [0.1, 0.15) is 12.0 Å². The van der Waals surface area contributed by atoms with E-state index in [4.69, 9.17) is 0 Å². The number of halogens is 3.